The monoisotopic (exact) mass is 460 g/mol. The Bertz CT molecular complexity index is 1320. The van der Waals surface area contributed by atoms with Crippen LogP contribution in [0.15, 0.2) is 84.0 Å². The molecule has 166 valence electrons. The zero-order valence-corrected chi connectivity index (χ0v) is 18.5. The van der Waals surface area contributed by atoms with Crippen LogP contribution in [0.25, 0.3) is 10.8 Å². The maximum Gasteiger partial charge on any atom is 0.275 e. The second-order valence-electron chi connectivity index (χ2n) is 7.20. The van der Waals surface area contributed by atoms with Gasteiger partial charge in [-0.15, -0.1) is 0 Å². The number of benzene rings is 4. The predicted octanol–water partition coefficient (Wildman–Crippen LogP) is 5.55. The molecule has 2 N–H and O–H groups in total. The number of rotatable bonds is 7. The fraction of sp³-hybridized carbons (Fsp3) is 0.0769. The molecule has 0 spiro atoms. The molecule has 0 atom stereocenters. The Morgan fingerprint density at radius 3 is 2.61 bits per heavy atom. The predicted molar refractivity (Wildman–Crippen MR) is 129 cm³/mol. The molecule has 0 aromatic heterocycles. The number of hydrazone groups is 1. The van der Waals surface area contributed by atoms with E-state index in [0.717, 1.165) is 21.9 Å². The second kappa shape index (κ2) is 10.1. The van der Waals surface area contributed by atoms with Gasteiger partial charge in [-0.05, 0) is 46.7 Å². The van der Waals surface area contributed by atoms with Gasteiger partial charge in [-0.2, -0.15) is 5.10 Å². The van der Waals surface area contributed by atoms with Crippen LogP contribution in [0, 0.1) is 0 Å². The fourth-order valence-corrected chi connectivity index (χ4v) is 3.45. The summed E-state index contributed by atoms with van der Waals surface area (Å²) in [5.74, 6) is 0.328. The minimum Gasteiger partial charge on any atom is -0.507 e. The normalized spacial score (nSPS) is 11.0. The van der Waals surface area contributed by atoms with Crippen molar-refractivity contribution in [1.82, 2.24) is 5.43 Å². The Morgan fingerprint density at radius 2 is 1.85 bits per heavy atom. The number of aromatic hydroxyl groups is 1. The Kier molecular flexibility index (Phi) is 6.76. The summed E-state index contributed by atoms with van der Waals surface area (Å²) in [4.78, 5) is 12.5. The fourth-order valence-electron chi connectivity index (χ4n) is 3.32. The number of fused-ring (bicyclic) bond motifs is 1. The van der Waals surface area contributed by atoms with Crippen LogP contribution in [0.3, 0.4) is 0 Å². The smallest absolute Gasteiger partial charge is 0.275 e. The first kappa shape index (κ1) is 22.2. The van der Waals surface area contributed by atoms with Gasteiger partial charge in [-0.3, -0.25) is 4.79 Å². The van der Waals surface area contributed by atoms with Gasteiger partial charge in [0.1, 0.15) is 23.9 Å². The van der Waals surface area contributed by atoms with Crippen molar-refractivity contribution < 1.29 is 19.4 Å². The van der Waals surface area contributed by atoms with Gasteiger partial charge in [0.15, 0.2) is 0 Å². The van der Waals surface area contributed by atoms with Crippen molar-refractivity contribution in [2.24, 2.45) is 5.10 Å². The number of halogens is 1. The summed E-state index contributed by atoms with van der Waals surface area (Å²) in [7, 11) is 1.48. The van der Waals surface area contributed by atoms with Crippen molar-refractivity contribution in [3.63, 3.8) is 0 Å². The molecular formula is C26H21ClN2O4. The van der Waals surface area contributed by atoms with Crippen LogP contribution in [-0.2, 0) is 6.61 Å². The number of hydrogen-bond donors (Lipinski definition) is 2. The van der Waals surface area contributed by atoms with Crippen LogP contribution in [0.4, 0.5) is 0 Å². The Labute approximate surface area is 196 Å². The summed E-state index contributed by atoms with van der Waals surface area (Å²) in [6, 6.07) is 23.5. The third-order valence-electron chi connectivity index (χ3n) is 5.05. The Hall–Kier alpha value is -4.03. The molecule has 6 nitrogen and oxygen atoms in total. The van der Waals surface area contributed by atoms with Crippen LogP contribution in [-0.4, -0.2) is 24.3 Å². The topological polar surface area (TPSA) is 80.2 Å². The SMILES string of the molecule is COc1ccc(C(=O)N/N=C\c2c(OCc3ccc(Cl)cc3)ccc3ccccc23)c(O)c1. The molecule has 0 bridgehead atoms. The summed E-state index contributed by atoms with van der Waals surface area (Å²) >= 11 is 5.96. The van der Waals surface area contributed by atoms with Crippen molar-refractivity contribution >= 4 is 34.5 Å². The van der Waals surface area contributed by atoms with Gasteiger partial charge in [0.25, 0.3) is 5.91 Å². The Balaban J connectivity index is 1.57. The molecule has 0 fully saturated rings. The first-order valence-corrected chi connectivity index (χ1v) is 10.5. The number of methoxy groups -OCH3 is 1. The number of carbonyl (C=O) groups excluding carboxylic acids is 1. The highest BCUT2D eigenvalue weighted by Crippen LogP contribution is 2.28. The van der Waals surface area contributed by atoms with Crippen molar-refractivity contribution in [3.8, 4) is 17.2 Å². The van der Waals surface area contributed by atoms with Crippen LogP contribution in [0.2, 0.25) is 5.02 Å². The van der Waals surface area contributed by atoms with Gasteiger partial charge in [-0.25, -0.2) is 5.43 Å². The number of phenols is 1. The maximum absolute atomic E-state index is 12.5. The van der Waals surface area contributed by atoms with E-state index in [0.29, 0.717) is 23.1 Å². The quantitative estimate of drug-likeness (QED) is 0.280. The number of phenolic OH excluding ortho intramolecular Hbond substituents is 1. The zero-order valence-electron chi connectivity index (χ0n) is 17.8. The number of hydrogen-bond acceptors (Lipinski definition) is 5. The highest BCUT2D eigenvalue weighted by Gasteiger charge is 2.12. The van der Waals surface area contributed by atoms with Crippen LogP contribution >= 0.6 is 11.6 Å². The minimum atomic E-state index is -0.546. The lowest BCUT2D eigenvalue weighted by atomic mass is 10.0. The summed E-state index contributed by atoms with van der Waals surface area (Å²) < 4.78 is 11.1. The highest BCUT2D eigenvalue weighted by molar-refractivity contribution is 6.30. The molecule has 0 radical (unpaired) electrons. The molecule has 0 unspecified atom stereocenters. The largest absolute Gasteiger partial charge is 0.507 e. The van der Waals surface area contributed by atoms with E-state index in [-0.39, 0.29) is 11.3 Å². The average molecular weight is 461 g/mol. The van der Waals surface area contributed by atoms with E-state index in [2.05, 4.69) is 10.5 Å². The van der Waals surface area contributed by atoms with Crippen molar-refractivity contribution in [2.75, 3.05) is 7.11 Å². The van der Waals surface area contributed by atoms with Gasteiger partial charge in [-0.1, -0.05) is 54.1 Å². The second-order valence-corrected chi connectivity index (χ2v) is 7.63. The van der Waals surface area contributed by atoms with Gasteiger partial charge in [0, 0.05) is 16.7 Å². The van der Waals surface area contributed by atoms with E-state index in [1.165, 1.54) is 25.5 Å². The molecule has 33 heavy (non-hydrogen) atoms. The molecule has 0 aliphatic rings. The molecule has 7 heteroatoms. The molecule has 0 saturated carbocycles. The maximum atomic E-state index is 12.5. The summed E-state index contributed by atoms with van der Waals surface area (Å²) in [6.45, 7) is 0.350. The molecule has 1 amide bonds. The number of carbonyl (C=O) groups is 1. The van der Waals surface area contributed by atoms with E-state index in [1.807, 2.05) is 60.7 Å². The van der Waals surface area contributed by atoms with E-state index < -0.39 is 5.91 Å². The average Bonchev–Trinajstić information content (AvgIpc) is 2.84. The number of ether oxygens (including phenoxy) is 2. The van der Waals surface area contributed by atoms with Crippen LogP contribution < -0.4 is 14.9 Å². The third-order valence-corrected chi connectivity index (χ3v) is 5.30. The van der Waals surface area contributed by atoms with Gasteiger partial charge < -0.3 is 14.6 Å². The lowest BCUT2D eigenvalue weighted by Gasteiger charge is -2.12. The summed E-state index contributed by atoms with van der Waals surface area (Å²) in [6.07, 6.45) is 1.54. The molecule has 0 heterocycles. The molecular weight excluding hydrogens is 440 g/mol. The van der Waals surface area contributed by atoms with Crippen LogP contribution in [0.1, 0.15) is 21.5 Å². The van der Waals surface area contributed by atoms with Crippen molar-refractivity contribution in [3.05, 3.63) is 101 Å². The lowest BCUT2D eigenvalue weighted by Crippen LogP contribution is -2.17. The van der Waals surface area contributed by atoms with E-state index in [1.54, 1.807) is 6.07 Å². The molecule has 0 aliphatic heterocycles. The van der Waals surface area contributed by atoms with Gasteiger partial charge in [0.05, 0.1) is 18.9 Å². The van der Waals surface area contributed by atoms with E-state index >= 15 is 0 Å². The first-order chi connectivity index (χ1) is 16.0. The molecule has 0 saturated heterocycles. The highest BCUT2D eigenvalue weighted by atomic mass is 35.5. The number of amides is 1. The third kappa shape index (κ3) is 5.25. The number of nitrogens with one attached hydrogen (secondary N) is 1. The van der Waals surface area contributed by atoms with E-state index in [4.69, 9.17) is 21.1 Å². The van der Waals surface area contributed by atoms with Crippen LogP contribution in [0.5, 0.6) is 17.2 Å². The first-order valence-electron chi connectivity index (χ1n) is 10.1. The molecule has 4 rings (SSSR count). The van der Waals surface area contributed by atoms with Crippen molar-refractivity contribution in [2.45, 2.75) is 6.61 Å². The number of nitrogens with zero attached hydrogens (tertiary/aromatic N) is 1. The van der Waals surface area contributed by atoms with E-state index in [9.17, 15) is 9.90 Å². The molecule has 4 aromatic rings. The summed E-state index contributed by atoms with van der Waals surface area (Å²) in [5.41, 5.74) is 4.24. The van der Waals surface area contributed by atoms with Crippen molar-refractivity contribution in [1.29, 1.82) is 0 Å². The van der Waals surface area contributed by atoms with Gasteiger partial charge >= 0.3 is 0 Å². The summed E-state index contributed by atoms with van der Waals surface area (Å²) in [5, 5.41) is 16.8. The standard InChI is InChI=1S/C26H21ClN2O4/c1-32-20-11-12-22(24(30)14-20)26(31)29-28-15-23-21-5-3-2-4-18(21)8-13-25(23)33-16-17-6-9-19(27)10-7-17/h2-15,30H,16H2,1H3,(H,29,31)/b28-15-. The molecule has 0 aliphatic carbocycles. The minimum absolute atomic E-state index is 0.0880. The van der Waals surface area contributed by atoms with Gasteiger partial charge in [0.2, 0.25) is 0 Å². The molecule has 4 aromatic carbocycles. The Morgan fingerprint density at radius 1 is 1.06 bits per heavy atom. The lowest BCUT2D eigenvalue weighted by molar-refractivity contribution is 0.0952. The zero-order chi connectivity index (χ0) is 23.2.